The molecule has 0 aliphatic carbocycles. The number of hydrogen-bond donors (Lipinski definition) is 0. The summed E-state index contributed by atoms with van der Waals surface area (Å²) < 4.78 is 5.08. The van der Waals surface area contributed by atoms with Crippen LogP contribution in [0, 0.1) is 0 Å². The molecule has 12 heavy (non-hydrogen) atoms. The Bertz CT molecular complexity index is 389. The number of furan rings is 1. The smallest absolute Gasteiger partial charge is 0.0982 e. The summed E-state index contributed by atoms with van der Waals surface area (Å²) in [4.78, 5) is 2.08. The standard InChI is InChI=1S/C10H11NO/c1-11(2)10-4-3-8-6-12-7-9(8)5-10/h3-7H,1-2H3. The lowest BCUT2D eigenvalue weighted by Crippen LogP contribution is -2.07. The van der Waals surface area contributed by atoms with E-state index in [0.717, 1.165) is 10.8 Å². The molecule has 0 aliphatic heterocycles. The minimum Gasteiger partial charge on any atom is -0.471 e. The summed E-state index contributed by atoms with van der Waals surface area (Å²) in [7, 11) is 4.06. The van der Waals surface area contributed by atoms with Crippen LogP contribution in [0.15, 0.2) is 35.1 Å². The monoisotopic (exact) mass is 161 g/mol. The molecular weight excluding hydrogens is 150 g/mol. The van der Waals surface area contributed by atoms with Gasteiger partial charge in [0.25, 0.3) is 0 Å². The molecule has 0 fully saturated rings. The lowest BCUT2D eigenvalue weighted by atomic mass is 10.2. The Kier molecular flexibility index (Phi) is 1.54. The predicted molar refractivity (Wildman–Crippen MR) is 50.5 cm³/mol. The molecule has 1 aromatic carbocycles. The van der Waals surface area contributed by atoms with Crippen LogP contribution in [0.5, 0.6) is 0 Å². The van der Waals surface area contributed by atoms with E-state index in [1.54, 1.807) is 12.5 Å². The highest BCUT2D eigenvalue weighted by molar-refractivity contribution is 5.84. The van der Waals surface area contributed by atoms with Crippen molar-refractivity contribution in [1.29, 1.82) is 0 Å². The van der Waals surface area contributed by atoms with Crippen LogP contribution < -0.4 is 4.90 Å². The van der Waals surface area contributed by atoms with Gasteiger partial charge in [0.2, 0.25) is 0 Å². The van der Waals surface area contributed by atoms with Gasteiger partial charge >= 0.3 is 0 Å². The predicted octanol–water partition coefficient (Wildman–Crippen LogP) is 2.50. The van der Waals surface area contributed by atoms with Gasteiger partial charge in [-0.3, -0.25) is 0 Å². The van der Waals surface area contributed by atoms with Crippen molar-refractivity contribution in [2.45, 2.75) is 0 Å². The first-order valence-electron chi connectivity index (χ1n) is 3.90. The fourth-order valence-electron chi connectivity index (χ4n) is 1.23. The van der Waals surface area contributed by atoms with E-state index < -0.39 is 0 Å². The van der Waals surface area contributed by atoms with Crippen molar-refractivity contribution in [3.63, 3.8) is 0 Å². The van der Waals surface area contributed by atoms with Crippen molar-refractivity contribution in [1.82, 2.24) is 0 Å². The van der Waals surface area contributed by atoms with Crippen molar-refractivity contribution >= 4 is 16.5 Å². The first-order valence-corrected chi connectivity index (χ1v) is 3.90. The molecule has 1 aromatic heterocycles. The number of nitrogens with zero attached hydrogens (tertiary/aromatic N) is 1. The van der Waals surface area contributed by atoms with E-state index in [4.69, 9.17) is 4.42 Å². The Balaban J connectivity index is 2.60. The lowest BCUT2D eigenvalue weighted by Gasteiger charge is -2.11. The fourth-order valence-corrected chi connectivity index (χ4v) is 1.23. The SMILES string of the molecule is CN(C)c1ccc2cocc2c1. The number of hydrogen-bond acceptors (Lipinski definition) is 2. The highest BCUT2D eigenvalue weighted by Gasteiger charge is 1.98. The maximum Gasteiger partial charge on any atom is 0.0982 e. The molecule has 0 saturated heterocycles. The maximum absolute atomic E-state index is 5.08. The van der Waals surface area contributed by atoms with Crippen LogP contribution in [-0.4, -0.2) is 14.1 Å². The van der Waals surface area contributed by atoms with Gasteiger partial charge in [-0.25, -0.2) is 0 Å². The molecule has 0 N–H and O–H groups in total. The Morgan fingerprint density at radius 1 is 1.08 bits per heavy atom. The second-order valence-electron chi connectivity index (χ2n) is 3.08. The molecule has 0 saturated carbocycles. The second-order valence-corrected chi connectivity index (χ2v) is 3.08. The maximum atomic E-state index is 5.08. The molecule has 0 spiro atoms. The van der Waals surface area contributed by atoms with Crippen LogP contribution in [-0.2, 0) is 0 Å². The summed E-state index contributed by atoms with van der Waals surface area (Å²) in [5.41, 5.74) is 1.20. The molecule has 0 atom stereocenters. The summed E-state index contributed by atoms with van der Waals surface area (Å²) in [5.74, 6) is 0. The zero-order chi connectivity index (χ0) is 8.55. The highest BCUT2D eigenvalue weighted by atomic mass is 16.3. The highest BCUT2D eigenvalue weighted by Crippen LogP contribution is 2.21. The van der Waals surface area contributed by atoms with Gasteiger partial charge in [-0.2, -0.15) is 0 Å². The van der Waals surface area contributed by atoms with Crippen LogP contribution in [0.4, 0.5) is 5.69 Å². The van der Waals surface area contributed by atoms with Crippen LogP contribution in [0.3, 0.4) is 0 Å². The lowest BCUT2D eigenvalue weighted by molar-refractivity contribution is 0.572. The van der Waals surface area contributed by atoms with E-state index >= 15 is 0 Å². The fraction of sp³-hybridized carbons (Fsp3) is 0.200. The number of rotatable bonds is 1. The molecule has 62 valence electrons. The molecule has 2 aromatic rings. The number of benzene rings is 1. The van der Waals surface area contributed by atoms with Crippen molar-refractivity contribution in [2.24, 2.45) is 0 Å². The Hall–Kier alpha value is -1.44. The van der Waals surface area contributed by atoms with E-state index in [9.17, 15) is 0 Å². The molecule has 0 amide bonds. The molecule has 2 heteroatoms. The van der Waals surface area contributed by atoms with E-state index in [1.165, 1.54) is 5.69 Å². The van der Waals surface area contributed by atoms with Crippen LogP contribution in [0.1, 0.15) is 0 Å². The van der Waals surface area contributed by atoms with Crippen LogP contribution in [0.25, 0.3) is 10.8 Å². The van der Waals surface area contributed by atoms with Crippen LogP contribution >= 0.6 is 0 Å². The van der Waals surface area contributed by atoms with Crippen molar-refractivity contribution in [2.75, 3.05) is 19.0 Å². The molecule has 2 nitrogen and oxygen atoms in total. The largest absolute Gasteiger partial charge is 0.471 e. The zero-order valence-corrected chi connectivity index (χ0v) is 7.24. The number of fused-ring (bicyclic) bond motifs is 1. The van der Waals surface area contributed by atoms with Crippen molar-refractivity contribution in [3.05, 3.63) is 30.7 Å². The van der Waals surface area contributed by atoms with Crippen molar-refractivity contribution in [3.8, 4) is 0 Å². The normalized spacial score (nSPS) is 10.5. The first-order chi connectivity index (χ1) is 5.77. The second kappa shape index (κ2) is 2.55. The summed E-state index contributed by atoms with van der Waals surface area (Å²) in [6, 6.07) is 6.25. The van der Waals surface area contributed by atoms with Gasteiger partial charge in [0.1, 0.15) is 0 Å². The van der Waals surface area contributed by atoms with E-state index in [0.29, 0.717) is 0 Å². The van der Waals surface area contributed by atoms with E-state index in [2.05, 4.69) is 23.1 Å². The van der Waals surface area contributed by atoms with Gasteiger partial charge in [-0.15, -0.1) is 0 Å². The third-order valence-electron chi connectivity index (χ3n) is 1.98. The molecule has 1 heterocycles. The van der Waals surface area contributed by atoms with Gasteiger partial charge in [-0.1, -0.05) is 0 Å². The Labute approximate surface area is 71.4 Å². The van der Waals surface area contributed by atoms with Gasteiger partial charge in [0.15, 0.2) is 0 Å². The van der Waals surface area contributed by atoms with Gasteiger partial charge < -0.3 is 9.32 Å². The average molecular weight is 161 g/mol. The molecule has 0 radical (unpaired) electrons. The Morgan fingerprint density at radius 2 is 1.83 bits per heavy atom. The minimum atomic E-state index is 1.15. The summed E-state index contributed by atoms with van der Waals surface area (Å²) in [6.07, 6.45) is 3.52. The van der Waals surface area contributed by atoms with Crippen molar-refractivity contribution < 1.29 is 4.42 Å². The third-order valence-corrected chi connectivity index (χ3v) is 1.98. The molecule has 0 unspecified atom stereocenters. The summed E-state index contributed by atoms with van der Waals surface area (Å²) in [6.45, 7) is 0. The number of anilines is 1. The molecule has 0 bridgehead atoms. The van der Waals surface area contributed by atoms with E-state index in [1.807, 2.05) is 14.1 Å². The molecule has 0 aliphatic rings. The zero-order valence-electron chi connectivity index (χ0n) is 7.24. The quantitative estimate of drug-likeness (QED) is 0.639. The molecule has 2 rings (SSSR count). The van der Waals surface area contributed by atoms with Crippen LogP contribution in [0.2, 0.25) is 0 Å². The van der Waals surface area contributed by atoms with Gasteiger partial charge in [0, 0.05) is 30.6 Å². The Morgan fingerprint density at radius 3 is 2.58 bits per heavy atom. The van der Waals surface area contributed by atoms with Gasteiger partial charge in [0.05, 0.1) is 12.5 Å². The summed E-state index contributed by atoms with van der Waals surface area (Å²) in [5, 5.41) is 2.31. The summed E-state index contributed by atoms with van der Waals surface area (Å²) >= 11 is 0. The first kappa shape index (κ1) is 7.22. The van der Waals surface area contributed by atoms with E-state index in [-0.39, 0.29) is 0 Å². The topological polar surface area (TPSA) is 16.4 Å². The third kappa shape index (κ3) is 1.05. The minimum absolute atomic E-state index is 1.15. The average Bonchev–Trinajstić information content (AvgIpc) is 2.49. The molecular formula is C10H11NO. The van der Waals surface area contributed by atoms with Gasteiger partial charge in [-0.05, 0) is 18.2 Å².